The summed E-state index contributed by atoms with van der Waals surface area (Å²) in [6.07, 6.45) is 1.05. The van der Waals surface area contributed by atoms with Gasteiger partial charge in [0.05, 0.1) is 11.0 Å². The lowest BCUT2D eigenvalue weighted by Crippen LogP contribution is -2.42. The van der Waals surface area contributed by atoms with Crippen LogP contribution in [0.1, 0.15) is 12.2 Å². The lowest BCUT2D eigenvalue weighted by Gasteiger charge is -2.18. The number of hydrogen-bond donors (Lipinski definition) is 2. The molecule has 0 saturated carbocycles. The first-order valence-electron chi connectivity index (χ1n) is 9.19. The van der Waals surface area contributed by atoms with Crippen molar-refractivity contribution in [1.82, 2.24) is 25.1 Å². The van der Waals surface area contributed by atoms with Crippen LogP contribution in [-0.2, 0) is 11.3 Å². The van der Waals surface area contributed by atoms with Crippen LogP contribution >= 0.6 is 24.0 Å². The van der Waals surface area contributed by atoms with Crippen molar-refractivity contribution in [2.45, 2.75) is 19.9 Å². The molecule has 0 atom stereocenters. The Morgan fingerprint density at radius 1 is 1.22 bits per heavy atom. The van der Waals surface area contributed by atoms with Gasteiger partial charge in [0.15, 0.2) is 5.96 Å². The standard InChI is InChI=1S/C19H32N6O.HI/c1-16-23-17-8-5-6-9-18(17)25(16)14-11-22-19(20-2)21-10-13-24(3)12-7-15-26-4;/h5-6,8-9H,7,10-15H2,1-4H3,(H2,20,21,22);1H. The molecule has 2 rings (SSSR count). The highest BCUT2D eigenvalue weighted by Gasteiger charge is 2.06. The SMILES string of the molecule is CN=C(NCCN(C)CCCOC)NCCn1c(C)nc2ccccc21.I. The maximum atomic E-state index is 5.08. The second-order valence-electron chi connectivity index (χ2n) is 6.37. The molecule has 0 aliphatic rings. The van der Waals surface area contributed by atoms with E-state index < -0.39 is 0 Å². The molecule has 0 bridgehead atoms. The number of aliphatic imine (C=N–C) groups is 1. The van der Waals surface area contributed by atoms with Crippen LogP contribution in [0.15, 0.2) is 29.3 Å². The summed E-state index contributed by atoms with van der Waals surface area (Å²) < 4.78 is 7.32. The van der Waals surface area contributed by atoms with Crippen molar-refractivity contribution < 1.29 is 4.74 Å². The zero-order valence-corrected chi connectivity index (χ0v) is 19.2. The number of hydrogen-bond acceptors (Lipinski definition) is 4. The average Bonchev–Trinajstić information content (AvgIpc) is 2.96. The highest BCUT2D eigenvalue weighted by molar-refractivity contribution is 14.0. The van der Waals surface area contributed by atoms with Crippen molar-refractivity contribution in [2.75, 3.05) is 54.0 Å². The van der Waals surface area contributed by atoms with Crippen LogP contribution in [0.25, 0.3) is 11.0 Å². The van der Waals surface area contributed by atoms with Crippen LogP contribution in [0.5, 0.6) is 0 Å². The van der Waals surface area contributed by atoms with Crippen molar-refractivity contribution in [1.29, 1.82) is 0 Å². The summed E-state index contributed by atoms with van der Waals surface area (Å²) in [5, 5.41) is 6.74. The fourth-order valence-electron chi connectivity index (χ4n) is 2.94. The number of para-hydroxylation sites is 2. The topological polar surface area (TPSA) is 66.7 Å². The summed E-state index contributed by atoms with van der Waals surface area (Å²) in [5.74, 6) is 1.87. The number of halogens is 1. The summed E-state index contributed by atoms with van der Waals surface area (Å²) in [4.78, 5) is 11.2. The zero-order chi connectivity index (χ0) is 18.8. The second-order valence-corrected chi connectivity index (χ2v) is 6.37. The molecule has 2 aromatic rings. The van der Waals surface area contributed by atoms with E-state index in [2.05, 4.69) is 55.3 Å². The Balaban J connectivity index is 0.00000364. The number of nitrogens with one attached hydrogen (secondary N) is 2. The van der Waals surface area contributed by atoms with Crippen molar-refractivity contribution in [3.8, 4) is 0 Å². The molecule has 7 nitrogen and oxygen atoms in total. The molecule has 27 heavy (non-hydrogen) atoms. The van der Waals surface area contributed by atoms with E-state index >= 15 is 0 Å². The third kappa shape index (κ3) is 7.63. The van der Waals surface area contributed by atoms with E-state index in [1.807, 2.05) is 13.0 Å². The molecule has 0 aliphatic heterocycles. The van der Waals surface area contributed by atoms with Gasteiger partial charge < -0.3 is 24.8 Å². The van der Waals surface area contributed by atoms with Crippen LogP contribution in [0, 0.1) is 6.92 Å². The molecule has 0 fully saturated rings. The summed E-state index contributed by atoms with van der Waals surface area (Å²) >= 11 is 0. The van der Waals surface area contributed by atoms with Gasteiger partial charge in [-0.2, -0.15) is 0 Å². The van der Waals surface area contributed by atoms with Crippen molar-refractivity contribution >= 4 is 41.0 Å². The maximum Gasteiger partial charge on any atom is 0.191 e. The monoisotopic (exact) mass is 488 g/mol. The normalized spacial score (nSPS) is 11.7. The van der Waals surface area contributed by atoms with Crippen molar-refractivity contribution in [3.05, 3.63) is 30.1 Å². The summed E-state index contributed by atoms with van der Waals surface area (Å²) in [6.45, 7) is 7.37. The van der Waals surface area contributed by atoms with Gasteiger partial charge in [0, 0.05) is 53.5 Å². The molecule has 0 saturated heterocycles. The first-order valence-corrected chi connectivity index (χ1v) is 9.19. The Bertz CT molecular complexity index is 703. The molecule has 0 unspecified atom stereocenters. The Morgan fingerprint density at radius 3 is 2.70 bits per heavy atom. The number of aromatic nitrogens is 2. The number of imidazole rings is 1. The molecule has 0 aliphatic carbocycles. The molecule has 2 N–H and O–H groups in total. The number of guanidine groups is 1. The van der Waals surface area contributed by atoms with Crippen molar-refractivity contribution in [2.24, 2.45) is 4.99 Å². The number of fused-ring (bicyclic) bond motifs is 1. The van der Waals surface area contributed by atoms with Gasteiger partial charge >= 0.3 is 0 Å². The minimum Gasteiger partial charge on any atom is -0.385 e. The molecular formula is C19H33IN6O. The van der Waals surface area contributed by atoms with Crippen LogP contribution in [0.2, 0.25) is 0 Å². The summed E-state index contributed by atoms with van der Waals surface area (Å²) in [6, 6.07) is 8.24. The van der Waals surface area contributed by atoms with Crippen LogP contribution in [-0.4, -0.2) is 74.4 Å². The minimum absolute atomic E-state index is 0. The summed E-state index contributed by atoms with van der Waals surface area (Å²) in [7, 11) is 5.67. The number of methoxy groups -OCH3 is 1. The van der Waals surface area contributed by atoms with Gasteiger partial charge in [-0.3, -0.25) is 4.99 Å². The third-order valence-electron chi connectivity index (χ3n) is 4.37. The van der Waals surface area contributed by atoms with Gasteiger partial charge in [-0.05, 0) is 32.5 Å². The fraction of sp³-hybridized carbons (Fsp3) is 0.579. The van der Waals surface area contributed by atoms with Gasteiger partial charge in [0.1, 0.15) is 5.82 Å². The molecule has 152 valence electrons. The first-order chi connectivity index (χ1) is 12.7. The lowest BCUT2D eigenvalue weighted by atomic mass is 10.3. The Morgan fingerprint density at radius 2 is 1.96 bits per heavy atom. The quantitative estimate of drug-likeness (QED) is 0.232. The third-order valence-corrected chi connectivity index (χ3v) is 4.37. The molecule has 0 amide bonds. The van der Waals surface area contributed by atoms with Gasteiger partial charge in [-0.15, -0.1) is 24.0 Å². The first kappa shape index (κ1) is 23.6. The number of ether oxygens (including phenoxy) is 1. The Hall–Kier alpha value is -1.39. The predicted molar refractivity (Wildman–Crippen MR) is 123 cm³/mol. The van der Waals surface area contributed by atoms with E-state index in [-0.39, 0.29) is 24.0 Å². The molecular weight excluding hydrogens is 455 g/mol. The second kappa shape index (κ2) is 12.9. The van der Waals surface area contributed by atoms with E-state index in [1.54, 1.807) is 14.2 Å². The molecule has 0 radical (unpaired) electrons. The number of likely N-dealkylation sites (N-methyl/N-ethyl adjacent to an activating group) is 1. The molecule has 8 heteroatoms. The van der Waals surface area contributed by atoms with Gasteiger partial charge in [0.2, 0.25) is 0 Å². The number of rotatable bonds is 10. The van der Waals surface area contributed by atoms with E-state index in [9.17, 15) is 0 Å². The number of aryl methyl sites for hydroxylation is 1. The van der Waals surface area contributed by atoms with E-state index in [1.165, 1.54) is 5.52 Å². The molecule has 0 spiro atoms. The Labute approximate surface area is 179 Å². The molecule has 1 aromatic carbocycles. The molecule has 1 heterocycles. The van der Waals surface area contributed by atoms with E-state index in [4.69, 9.17) is 4.74 Å². The molecule has 1 aromatic heterocycles. The van der Waals surface area contributed by atoms with E-state index in [0.29, 0.717) is 0 Å². The average molecular weight is 488 g/mol. The highest BCUT2D eigenvalue weighted by atomic mass is 127. The smallest absolute Gasteiger partial charge is 0.191 e. The van der Waals surface area contributed by atoms with Crippen LogP contribution in [0.4, 0.5) is 0 Å². The van der Waals surface area contributed by atoms with E-state index in [0.717, 1.165) is 63.1 Å². The van der Waals surface area contributed by atoms with Crippen molar-refractivity contribution in [3.63, 3.8) is 0 Å². The van der Waals surface area contributed by atoms with Gasteiger partial charge in [0.25, 0.3) is 0 Å². The minimum atomic E-state index is 0. The maximum absolute atomic E-state index is 5.08. The fourth-order valence-corrected chi connectivity index (χ4v) is 2.94. The van der Waals surface area contributed by atoms with Crippen LogP contribution < -0.4 is 10.6 Å². The van der Waals surface area contributed by atoms with Gasteiger partial charge in [-0.1, -0.05) is 12.1 Å². The lowest BCUT2D eigenvalue weighted by molar-refractivity contribution is 0.180. The highest BCUT2D eigenvalue weighted by Crippen LogP contribution is 2.14. The predicted octanol–water partition coefficient (Wildman–Crippen LogP) is 2.10. The number of benzene rings is 1. The largest absolute Gasteiger partial charge is 0.385 e. The Kier molecular flexibility index (Phi) is 11.3. The van der Waals surface area contributed by atoms with Gasteiger partial charge in [-0.25, -0.2) is 4.98 Å². The number of nitrogens with zero attached hydrogens (tertiary/aromatic N) is 4. The van der Waals surface area contributed by atoms with Crippen LogP contribution in [0.3, 0.4) is 0 Å². The zero-order valence-electron chi connectivity index (χ0n) is 16.9. The summed E-state index contributed by atoms with van der Waals surface area (Å²) in [5.41, 5.74) is 2.22.